The molecule has 3 unspecified atom stereocenters. The molecule has 6 nitrogen and oxygen atoms in total. The van der Waals surface area contributed by atoms with Crippen molar-refractivity contribution in [3.8, 4) is 0 Å². The Balaban J connectivity index is 1.49. The van der Waals surface area contributed by atoms with Gasteiger partial charge in [0.2, 0.25) is 6.10 Å². The quantitative estimate of drug-likeness (QED) is 0.866. The van der Waals surface area contributed by atoms with Crippen LogP contribution < -0.4 is 10.9 Å². The van der Waals surface area contributed by atoms with E-state index in [1.54, 1.807) is 4.90 Å². The number of likely N-dealkylation sites (N-methyl/N-ethyl adjacent to an activating group) is 1. The molecule has 124 valence electrons. The van der Waals surface area contributed by atoms with Crippen LogP contribution in [0.3, 0.4) is 0 Å². The maximum Gasteiger partial charge on any atom is 0.266 e. The van der Waals surface area contributed by atoms with E-state index in [9.17, 15) is 4.79 Å². The Hall–Kier alpha value is -1.92. The Bertz CT molecular complexity index is 575. The highest BCUT2D eigenvalue weighted by atomic mass is 16.6. The summed E-state index contributed by atoms with van der Waals surface area (Å²) in [5.74, 6) is 0.00200. The second kappa shape index (κ2) is 7.10. The first-order valence-electron chi connectivity index (χ1n) is 8.20. The maximum atomic E-state index is 12.4. The van der Waals surface area contributed by atoms with E-state index in [4.69, 9.17) is 4.84 Å². The van der Waals surface area contributed by atoms with Crippen molar-refractivity contribution in [2.45, 2.75) is 44.4 Å². The van der Waals surface area contributed by atoms with Crippen LogP contribution in [-0.2, 0) is 9.63 Å². The summed E-state index contributed by atoms with van der Waals surface area (Å²) in [6, 6.07) is 10.8. The molecule has 1 saturated heterocycles. The van der Waals surface area contributed by atoms with Crippen LogP contribution in [0.15, 0.2) is 35.5 Å². The Morgan fingerprint density at radius 3 is 2.83 bits per heavy atom. The fourth-order valence-electron chi connectivity index (χ4n) is 3.08. The molecular formula is C17H24N4O2. The molecule has 1 aromatic rings. The van der Waals surface area contributed by atoms with Crippen LogP contribution in [0.4, 0.5) is 0 Å². The van der Waals surface area contributed by atoms with Gasteiger partial charge in [-0.3, -0.25) is 10.2 Å². The van der Waals surface area contributed by atoms with Crippen molar-refractivity contribution in [2.75, 3.05) is 13.6 Å². The predicted octanol–water partition coefficient (Wildman–Crippen LogP) is 1.61. The molecule has 0 bridgehead atoms. The normalized spacial score (nSPS) is 26.7. The topological polar surface area (TPSA) is 66.0 Å². The van der Waals surface area contributed by atoms with Crippen molar-refractivity contribution < 1.29 is 9.63 Å². The third kappa shape index (κ3) is 3.71. The summed E-state index contributed by atoms with van der Waals surface area (Å²) in [6.45, 7) is 2.67. The van der Waals surface area contributed by atoms with E-state index in [0.29, 0.717) is 13.0 Å². The Labute approximate surface area is 136 Å². The summed E-state index contributed by atoms with van der Waals surface area (Å²) in [6.07, 6.45) is 1.95. The second-order valence-electron chi connectivity index (χ2n) is 6.21. The number of benzene rings is 1. The van der Waals surface area contributed by atoms with E-state index in [1.807, 2.05) is 32.2 Å². The van der Waals surface area contributed by atoms with Crippen molar-refractivity contribution in [3.05, 3.63) is 35.9 Å². The van der Waals surface area contributed by atoms with E-state index in [1.165, 1.54) is 5.56 Å². The molecule has 3 atom stereocenters. The van der Waals surface area contributed by atoms with Crippen LogP contribution in [-0.4, -0.2) is 42.3 Å². The first-order valence-corrected chi connectivity index (χ1v) is 8.20. The van der Waals surface area contributed by atoms with E-state index in [0.717, 1.165) is 18.6 Å². The molecule has 2 N–H and O–H groups in total. The lowest BCUT2D eigenvalue weighted by Crippen LogP contribution is -2.44. The van der Waals surface area contributed by atoms with Crippen LogP contribution in [0.25, 0.3) is 0 Å². The highest BCUT2D eigenvalue weighted by Crippen LogP contribution is 2.22. The Kier molecular flexibility index (Phi) is 4.93. The number of oxime groups is 1. The highest BCUT2D eigenvalue weighted by Gasteiger charge is 2.32. The van der Waals surface area contributed by atoms with Gasteiger partial charge in [0, 0.05) is 32.1 Å². The van der Waals surface area contributed by atoms with Gasteiger partial charge in [-0.25, -0.2) is 5.43 Å². The molecule has 6 heteroatoms. The zero-order chi connectivity index (χ0) is 16.2. The van der Waals surface area contributed by atoms with Crippen LogP contribution in [0, 0.1) is 0 Å². The third-order valence-electron chi connectivity index (χ3n) is 4.47. The first kappa shape index (κ1) is 16.0. The minimum absolute atomic E-state index is 0.00200. The van der Waals surface area contributed by atoms with Gasteiger partial charge < -0.3 is 9.74 Å². The second-order valence-corrected chi connectivity index (χ2v) is 6.21. The van der Waals surface area contributed by atoms with Crippen LogP contribution in [0.2, 0.25) is 0 Å². The molecule has 0 aromatic heterocycles. The summed E-state index contributed by atoms with van der Waals surface area (Å²) in [4.78, 5) is 19.4. The van der Waals surface area contributed by atoms with Gasteiger partial charge in [-0.2, -0.15) is 0 Å². The van der Waals surface area contributed by atoms with E-state index in [-0.39, 0.29) is 18.0 Å². The minimum Gasteiger partial charge on any atom is -0.382 e. The molecule has 3 rings (SSSR count). The molecule has 1 aromatic carbocycles. The number of carbonyl (C=O) groups is 1. The lowest BCUT2D eigenvalue weighted by molar-refractivity contribution is -0.141. The molecular weight excluding hydrogens is 292 g/mol. The third-order valence-corrected chi connectivity index (χ3v) is 4.47. The summed E-state index contributed by atoms with van der Waals surface area (Å²) in [5.41, 5.74) is 8.82. The van der Waals surface area contributed by atoms with Crippen molar-refractivity contribution >= 4 is 11.6 Å². The molecule has 0 saturated carbocycles. The number of hydrazine groups is 1. The molecule has 1 fully saturated rings. The largest absolute Gasteiger partial charge is 0.382 e. The molecule has 1 amide bonds. The standard InChI is InChI=1S/C17H24N4O2/c1-3-13-10-16(23-20-13)17(22)21(2)11-14-9-15(19-18-14)12-7-5-4-6-8-12/h4-8,14-16,18-19H,3,9-11H2,1-2H3. The van der Waals surface area contributed by atoms with Crippen LogP contribution in [0.5, 0.6) is 0 Å². The number of nitrogens with one attached hydrogen (secondary N) is 2. The van der Waals surface area contributed by atoms with E-state index >= 15 is 0 Å². The van der Waals surface area contributed by atoms with Gasteiger partial charge in [0.25, 0.3) is 5.91 Å². The minimum atomic E-state index is -0.450. The zero-order valence-corrected chi connectivity index (χ0v) is 13.7. The van der Waals surface area contributed by atoms with Crippen LogP contribution >= 0.6 is 0 Å². The molecule has 0 spiro atoms. The molecule has 2 aliphatic heterocycles. The summed E-state index contributed by atoms with van der Waals surface area (Å²) < 4.78 is 0. The molecule has 2 heterocycles. The molecule has 0 radical (unpaired) electrons. The first-order chi connectivity index (χ1) is 11.2. The SMILES string of the molecule is CCC1=NOC(C(=O)N(C)CC2CC(c3ccccc3)NN2)C1. The van der Waals surface area contributed by atoms with Crippen molar-refractivity contribution in [2.24, 2.45) is 5.16 Å². The maximum absolute atomic E-state index is 12.4. The van der Waals surface area contributed by atoms with Crippen molar-refractivity contribution in [3.63, 3.8) is 0 Å². The van der Waals surface area contributed by atoms with Crippen molar-refractivity contribution in [1.29, 1.82) is 0 Å². The molecule has 2 aliphatic rings. The predicted molar refractivity (Wildman–Crippen MR) is 88.7 cm³/mol. The summed E-state index contributed by atoms with van der Waals surface area (Å²) in [7, 11) is 1.83. The van der Waals surface area contributed by atoms with Gasteiger partial charge in [-0.15, -0.1) is 0 Å². The molecule has 0 aliphatic carbocycles. The fourth-order valence-corrected chi connectivity index (χ4v) is 3.08. The Morgan fingerprint density at radius 2 is 2.13 bits per heavy atom. The number of carbonyl (C=O) groups excluding carboxylic acids is 1. The van der Waals surface area contributed by atoms with E-state index < -0.39 is 6.10 Å². The zero-order valence-electron chi connectivity index (χ0n) is 13.7. The lowest BCUT2D eigenvalue weighted by Gasteiger charge is -2.23. The number of hydrogen-bond donors (Lipinski definition) is 2. The van der Waals surface area contributed by atoms with Gasteiger partial charge in [0.15, 0.2) is 0 Å². The smallest absolute Gasteiger partial charge is 0.266 e. The summed E-state index contributed by atoms with van der Waals surface area (Å²) in [5, 5.41) is 3.96. The van der Waals surface area contributed by atoms with E-state index in [2.05, 4.69) is 28.1 Å². The fraction of sp³-hybridized carbons (Fsp3) is 0.529. The Morgan fingerprint density at radius 1 is 1.35 bits per heavy atom. The van der Waals surface area contributed by atoms with Gasteiger partial charge in [-0.1, -0.05) is 42.4 Å². The highest BCUT2D eigenvalue weighted by molar-refractivity contribution is 5.92. The average molecular weight is 316 g/mol. The van der Waals surface area contributed by atoms with Gasteiger partial charge in [0.05, 0.1) is 5.71 Å². The average Bonchev–Trinajstić information content (AvgIpc) is 3.24. The van der Waals surface area contributed by atoms with Crippen molar-refractivity contribution in [1.82, 2.24) is 15.8 Å². The summed E-state index contributed by atoms with van der Waals surface area (Å²) >= 11 is 0. The van der Waals surface area contributed by atoms with Gasteiger partial charge >= 0.3 is 0 Å². The molecule has 23 heavy (non-hydrogen) atoms. The number of hydrogen-bond acceptors (Lipinski definition) is 5. The number of nitrogens with zero attached hydrogens (tertiary/aromatic N) is 2. The van der Waals surface area contributed by atoms with Gasteiger partial charge in [0.1, 0.15) is 0 Å². The lowest BCUT2D eigenvalue weighted by atomic mass is 10.0. The van der Waals surface area contributed by atoms with Crippen LogP contribution in [0.1, 0.15) is 37.8 Å². The number of rotatable bonds is 5. The monoisotopic (exact) mass is 316 g/mol. The number of amides is 1. The van der Waals surface area contributed by atoms with Gasteiger partial charge in [-0.05, 0) is 18.4 Å².